The number of fused-ring (bicyclic) bond motifs is 1. The number of rotatable bonds is 5. The average Bonchev–Trinajstić information content (AvgIpc) is 3.07. The number of nitrogens with one attached hydrogen (secondary N) is 1. The van der Waals surface area contributed by atoms with Crippen LogP contribution in [0.5, 0.6) is 0 Å². The van der Waals surface area contributed by atoms with E-state index in [0.717, 1.165) is 15.8 Å². The summed E-state index contributed by atoms with van der Waals surface area (Å²) >= 11 is 0. The highest BCUT2D eigenvalue weighted by Gasteiger charge is 2.15. The van der Waals surface area contributed by atoms with Crippen LogP contribution in [0, 0.1) is 0 Å². The molecule has 1 aromatic carbocycles. The number of amides is 1. The van der Waals surface area contributed by atoms with Gasteiger partial charge in [-0.15, -0.1) is 0 Å². The lowest BCUT2D eigenvalue weighted by Gasteiger charge is -2.10. The Balaban J connectivity index is 1.77. The number of aryl methyl sites for hydroxylation is 2. The van der Waals surface area contributed by atoms with E-state index in [9.17, 15) is 14.4 Å². The summed E-state index contributed by atoms with van der Waals surface area (Å²) in [4.78, 5) is 40.8. The van der Waals surface area contributed by atoms with Crippen molar-refractivity contribution in [3.63, 3.8) is 0 Å². The van der Waals surface area contributed by atoms with Crippen molar-refractivity contribution in [3.05, 3.63) is 57.0 Å². The first kappa shape index (κ1) is 18.6. The molecule has 0 radical (unpaired) electrons. The molecule has 3 aromatic rings. The molecule has 2 aromatic heterocycles. The molecular weight excluding hydrogens is 346 g/mol. The second-order valence-electron chi connectivity index (χ2n) is 6.89. The standard InChI is InChI=1S/C19H23N5O3/c1-12(2)13-6-5-7-14(10-13)21-15(25)8-9-24-11-20-17-16(24)18(26)23(4)19(27)22(17)3/h5-7,10-12H,8-9H2,1-4H3,(H,21,25). The van der Waals surface area contributed by atoms with Crippen molar-refractivity contribution in [2.75, 3.05) is 5.32 Å². The van der Waals surface area contributed by atoms with Crippen molar-refractivity contribution >= 4 is 22.8 Å². The Bertz CT molecular complexity index is 1120. The molecule has 0 unspecified atom stereocenters. The fraction of sp³-hybridized carbons (Fsp3) is 0.368. The SMILES string of the molecule is CC(C)c1cccc(NC(=O)CCn2cnc3c2c(=O)n(C)c(=O)n3C)c1. The molecule has 0 spiro atoms. The van der Waals surface area contributed by atoms with Crippen LogP contribution in [-0.2, 0) is 25.4 Å². The first-order valence-corrected chi connectivity index (χ1v) is 8.80. The number of carbonyl (C=O) groups excluding carboxylic acids is 1. The van der Waals surface area contributed by atoms with Crippen LogP contribution in [0.4, 0.5) is 5.69 Å². The van der Waals surface area contributed by atoms with Gasteiger partial charge in [-0.1, -0.05) is 26.0 Å². The van der Waals surface area contributed by atoms with Gasteiger partial charge < -0.3 is 9.88 Å². The third kappa shape index (κ3) is 3.55. The molecule has 0 bridgehead atoms. The maximum Gasteiger partial charge on any atom is 0.332 e. The Morgan fingerprint density at radius 3 is 2.63 bits per heavy atom. The summed E-state index contributed by atoms with van der Waals surface area (Å²) in [5, 5.41) is 2.88. The number of hydrogen-bond acceptors (Lipinski definition) is 4. The molecule has 3 rings (SSSR count). The molecule has 0 aliphatic heterocycles. The van der Waals surface area contributed by atoms with Gasteiger partial charge in [-0.25, -0.2) is 9.78 Å². The second-order valence-corrected chi connectivity index (χ2v) is 6.89. The van der Waals surface area contributed by atoms with E-state index in [-0.39, 0.29) is 12.3 Å². The van der Waals surface area contributed by atoms with Crippen LogP contribution in [0.2, 0.25) is 0 Å². The van der Waals surface area contributed by atoms with Crippen LogP contribution in [-0.4, -0.2) is 24.6 Å². The molecule has 0 atom stereocenters. The molecule has 8 nitrogen and oxygen atoms in total. The Kier molecular flexibility index (Phi) is 4.98. The van der Waals surface area contributed by atoms with Gasteiger partial charge in [0.05, 0.1) is 6.33 Å². The van der Waals surface area contributed by atoms with E-state index >= 15 is 0 Å². The van der Waals surface area contributed by atoms with Gasteiger partial charge in [0.25, 0.3) is 5.56 Å². The average molecular weight is 369 g/mol. The van der Waals surface area contributed by atoms with Crippen LogP contribution < -0.4 is 16.6 Å². The third-order valence-electron chi connectivity index (χ3n) is 4.63. The van der Waals surface area contributed by atoms with Gasteiger partial charge in [-0.05, 0) is 23.6 Å². The van der Waals surface area contributed by atoms with Crippen LogP contribution >= 0.6 is 0 Å². The minimum absolute atomic E-state index is 0.153. The van der Waals surface area contributed by atoms with E-state index in [0.29, 0.717) is 23.6 Å². The fourth-order valence-corrected chi connectivity index (χ4v) is 2.99. The lowest BCUT2D eigenvalue weighted by Crippen LogP contribution is -2.37. The fourth-order valence-electron chi connectivity index (χ4n) is 2.99. The third-order valence-corrected chi connectivity index (χ3v) is 4.63. The number of imidazole rings is 1. The molecule has 0 saturated carbocycles. The first-order chi connectivity index (χ1) is 12.8. The van der Waals surface area contributed by atoms with Gasteiger partial charge in [0.2, 0.25) is 5.91 Å². The van der Waals surface area contributed by atoms with E-state index in [1.165, 1.54) is 17.9 Å². The van der Waals surface area contributed by atoms with Crippen molar-refractivity contribution in [2.45, 2.75) is 32.7 Å². The van der Waals surface area contributed by atoms with E-state index in [1.807, 2.05) is 24.3 Å². The Morgan fingerprint density at radius 2 is 1.93 bits per heavy atom. The molecular formula is C19H23N5O3. The molecule has 142 valence electrons. The van der Waals surface area contributed by atoms with Crippen molar-refractivity contribution < 1.29 is 4.79 Å². The van der Waals surface area contributed by atoms with E-state index in [1.54, 1.807) is 11.6 Å². The lowest BCUT2D eigenvalue weighted by molar-refractivity contribution is -0.116. The van der Waals surface area contributed by atoms with Crippen LogP contribution in [0.25, 0.3) is 11.2 Å². The number of hydrogen-bond donors (Lipinski definition) is 1. The van der Waals surface area contributed by atoms with Crippen LogP contribution in [0.1, 0.15) is 31.7 Å². The van der Waals surface area contributed by atoms with E-state index in [2.05, 4.69) is 24.1 Å². The van der Waals surface area contributed by atoms with Crippen LogP contribution in [0.3, 0.4) is 0 Å². The first-order valence-electron chi connectivity index (χ1n) is 8.80. The highest BCUT2D eigenvalue weighted by atomic mass is 16.2. The molecule has 0 saturated heterocycles. The summed E-state index contributed by atoms with van der Waals surface area (Å²) in [6.45, 7) is 4.48. The topological polar surface area (TPSA) is 90.9 Å². The number of benzene rings is 1. The zero-order chi connectivity index (χ0) is 19.7. The molecule has 0 aliphatic rings. The normalized spacial score (nSPS) is 11.3. The molecule has 27 heavy (non-hydrogen) atoms. The quantitative estimate of drug-likeness (QED) is 0.739. The monoisotopic (exact) mass is 369 g/mol. The molecule has 2 heterocycles. The maximum atomic E-state index is 12.4. The zero-order valence-electron chi connectivity index (χ0n) is 15.9. The smallest absolute Gasteiger partial charge is 0.326 e. The molecule has 0 aliphatic carbocycles. The zero-order valence-corrected chi connectivity index (χ0v) is 15.9. The van der Waals surface area contributed by atoms with Gasteiger partial charge in [0.1, 0.15) is 0 Å². The summed E-state index contributed by atoms with van der Waals surface area (Å²) in [6, 6.07) is 7.75. The maximum absolute atomic E-state index is 12.4. The van der Waals surface area contributed by atoms with E-state index in [4.69, 9.17) is 0 Å². The Morgan fingerprint density at radius 1 is 1.19 bits per heavy atom. The van der Waals surface area contributed by atoms with Crippen molar-refractivity contribution in [1.29, 1.82) is 0 Å². The highest BCUT2D eigenvalue weighted by molar-refractivity contribution is 5.90. The Hall–Kier alpha value is -3.16. The molecule has 0 fully saturated rings. The lowest BCUT2D eigenvalue weighted by atomic mass is 10.0. The van der Waals surface area contributed by atoms with Crippen molar-refractivity contribution in [1.82, 2.24) is 18.7 Å². The largest absolute Gasteiger partial charge is 0.332 e. The van der Waals surface area contributed by atoms with Crippen LogP contribution in [0.15, 0.2) is 40.2 Å². The number of aromatic nitrogens is 4. The van der Waals surface area contributed by atoms with E-state index < -0.39 is 11.2 Å². The predicted molar refractivity (Wildman–Crippen MR) is 104 cm³/mol. The minimum atomic E-state index is -0.430. The second kappa shape index (κ2) is 7.22. The summed E-state index contributed by atoms with van der Waals surface area (Å²) in [6.07, 6.45) is 1.67. The van der Waals surface area contributed by atoms with Gasteiger partial charge in [-0.3, -0.25) is 18.7 Å². The summed E-state index contributed by atoms with van der Waals surface area (Å²) in [5.74, 6) is 0.224. The van der Waals surface area contributed by atoms with Gasteiger partial charge in [0.15, 0.2) is 11.2 Å². The summed E-state index contributed by atoms with van der Waals surface area (Å²) in [5.41, 5.74) is 1.68. The van der Waals surface area contributed by atoms with Crippen molar-refractivity contribution in [3.8, 4) is 0 Å². The number of anilines is 1. The summed E-state index contributed by atoms with van der Waals surface area (Å²) < 4.78 is 3.98. The molecule has 8 heteroatoms. The molecule has 1 amide bonds. The van der Waals surface area contributed by atoms with Gasteiger partial charge in [0, 0.05) is 32.7 Å². The van der Waals surface area contributed by atoms with Crippen molar-refractivity contribution in [2.24, 2.45) is 14.1 Å². The predicted octanol–water partition coefficient (Wildman–Crippen LogP) is 1.59. The highest BCUT2D eigenvalue weighted by Crippen LogP contribution is 2.18. The van der Waals surface area contributed by atoms with Gasteiger partial charge >= 0.3 is 5.69 Å². The number of carbonyl (C=O) groups is 1. The summed E-state index contributed by atoms with van der Waals surface area (Å²) in [7, 11) is 2.99. The molecule has 1 N–H and O–H groups in total. The minimum Gasteiger partial charge on any atom is -0.326 e. The number of nitrogens with zero attached hydrogens (tertiary/aromatic N) is 4. The Labute approximate surface area is 156 Å². The van der Waals surface area contributed by atoms with Gasteiger partial charge in [-0.2, -0.15) is 0 Å².